The van der Waals surface area contributed by atoms with E-state index in [1.165, 1.54) is 22.4 Å². The molecule has 0 saturated heterocycles. The maximum Gasteiger partial charge on any atom is 0.249 e. The van der Waals surface area contributed by atoms with Gasteiger partial charge in [0.1, 0.15) is 16.3 Å². The van der Waals surface area contributed by atoms with Crippen LogP contribution in [0.1, 0.15) is 20.3 Å². The maximum atomic E-state index is 14.3. The van der Waals surface area contributed by atoms with E-state index >= 15 is 0 Å². The molecule has 0 radical (unpaired) electrons. The van der Waals surface area contributed by atoms with Crippen molar-refractivity contribution in [3.63, 3.8) is 0 Å². The van der Waals surface area contributed by atoms with Crippen LogP contribution in [0.5, 0.6) is 11.5 Å². The van der Waals surface area contributed by atoms with Gasteiger partial charge < -0.3 is 10.5 Å². The monoisotopic (exact) mass is 507 g/mol. The van der Waals surface area contributed by atoms with Crippen molar-refractivity contribution in [1.29, 1.82) is 0 Å². The number of anilines is 1. The number of pyridine rings is 1. The topological polar surface area (TPSA) is 87.2 Å². The number of hydrogen-bond donors (Lipinski definition) is 1. The van der Waals surface area contributed by atoms with Crippen LogP contribution in [-0.4, -0.2) is 22.1 Å². The Bertz CT molecular complexity index is 1680. The summed E-state index contributed by atoms with van der Waals surface area (Å²) in [6.45, 7) is 3.50. The molecule has 0 spiro atoms. The van der Waals surface area contributed by atoms with E-state index in [0.29, 0.717) is 28.6 Å². The molecule has 2 N–H and O–H groups in total. The second-order valence-corrected chi connectivity index (χ2v) is 11.1. The van der Waals surface area contributed by atoms with Crippen LogP contribution in [0, 0.1) is 11.6 Å². The maximum absolute atomic E-state index is 14.3. The van der Waals surface area contributed by atoms with Crippen LogP contribution in [0.4, 0.5) is 14.5 Å². The average molecular weight is 508 g/mol. The van der Waals surface area contributed by atoms with Crippen molar-refractivity contribution in [2.24, 2.45) is 0 Å². The van der Waals surface area contributed by atoms with Gasteiger partial charge in [-0.3, -0.25) is 0 Å². The van der Waals surface area contributed by atoms with E-state index in [4.69, 9.17) is 10.5 Å². The van der Waals surface area contributed by atoms with Crippen LogP contribution in [0.3, 0.4) is 0 Å². The van der Waals surface area contributed by atoms with E-state index in [9.17, 15) is 17.2 Å². The lowest BCUT2D eigenvalue weighted by molar-refractivity contribution is 0.439. The van der Waals surface area contributed by atoms with E-state index in [-0.39, 0.29) is 17.1 Å². The van der Waals surface area contributed by atoms with Crippen molar-refractivity contribution in [1.82, 2.24) is 8.96 Å². The Labute approximate surface area is 207 Å². The number of rotatable bonds is 5. The predicted octanol–water partition coefficient (Wildman–Crippen LogP) is 6.20. The van der Waals surface area contributed by atoms with Crippen LogP contribution in [-0.2, 0) is 10.0 Å². The summed E-state index contributed by atoms with van der Waals surface area (Å²) in [5.41, 5.74) is 8.56. The smallest absolute Gasteiger partial charge is 0.249 e. The fourth-order valence-corrected chi connectivity index (χ4v) is 6.15. The molecular formula is C27H23F2N3O3S. The summed E-state index contributed by atoms with van der Waals surface area (Å²) in [7, 11) is -3.88. The van der Waals surface area contributed by atoms with Crippen LogP contribution < -0.4 is 10.5 Å². The number of allylic oxidation sites excluding steroid dienone is 3. The van der Waals surface area contributed by atoms with Gasteiger partial charge in [0.15, 0.2) is 17.2 Å². The minimum atomic E-state index is -3.88. The molecule has 4 aromatic rings. The minimum absolute atomic E-state index is 0.159. The highest BCUT2D eigenvalue weighted by Crippen LogP contribution is 2.41. The third kappa shape index (κ3) is 3.76. The van der Waals surface area contributed by atoms with Gasteiger partial charge in [0.25, 0.3) is 0 Å². The second kappa shape index (κ2) is 8.60. The molecule has 1 unspecified atom stereocenters. The molecule has 0 amide bonds. The van der Waals surface area contributed by atoms with Crippen molar-refractivity contribution in [2.45, 2.75) is 25.0 Å². The molecule has 6 nitrogen and oxygen atoms in total. The van der Waals surface area contributed by atoms with Crippen molar-refractivity contribution in [3.05, 3.63) is 96.4 Å². The molecule has 5 rings (SSSR count). The Balaban J connectivity index is 1.65. The lowest BCUT2D eigenvalue weighted by Crippen LogP contribution is -2.40. The van der Waals surface area contributed by atoms with Crippen LogP contribution in [0.15, 0.2) is 84.7 Å². The number of fused-ring (bicyclic) bond motifs is 1. The Hall–Kier alpha value is -3.98. The zero-order chi connectivity index (χ0) is 25.7. The SMILES string of the molecule is CC1=CC=CCC1(C)S(=O)(=O)n1ccc2c(-c3cc(N)ccc3Oc3ccc(F)cc3F)ccnc21. The van der Waals surface area contributed by atoms with Crippen molar-refractivity contribution >= 4 is 26.7 Å². The third-order valence-corrected chi connectivity index (χ3v) is 9.05. The first-order valence-corrected chi connectivity index (χ1v) is 12.6. The molecule has 0 aliphatic heterocycles. The first kappa shape index (κ1) is 23.7. The number of benzene rings is 2. The van der Waals surface area contributed by atoms with Gasteiger partial charge in [-0.1, -0.05) is 23.8 Å². The third-order valence-electron chi connectivity index (χ3n) is 6.61. The molecular weight excluding hydrogens is 484 g/mol. The quantitative estimate of drug-likeness (QED) is 0.325. The lowest BCUT2D eigenvalue weighted by atomic mass is 9.94. The molecule has 2 heterocycles. The Morgan fingerprint density at radius 1 is 1.06 bits per heavy atom. The predicted molar refractivity (Wildman–Crippen MR) is 136 cm³/mol. The molecule has 9 heteroatoms. The molecule has 1 aliphatic rings. The van der Waals surface area contributed by atoms with E-state index in [1.54, 1.807) is 50.3 Å². The van der Waals surface area contributed by atoms with Gasteiger partial charge in [-0.15, -0.1) is 0 Å². The Morgan fingerprint density at radius 2 is 1.83 bits per heavy atom. The summed E-state index contributed by atoms with van der Waals surface area (Å²) in [6, 6.07) is 11.2. The molecule has 2 aromatic heterocycles. The highest BCUT2D eigenvalue weighted by atomic mass is 32.2. The standard InChI is InChI=1S/C27H23F2N3O3S/c1-17-5-3-4-12-27(17,2)36(33,34)32-14-11-21-20(10-13-31-26(21)32)22-16-19(30)7-9-24(22)35-25-8-6-18(28)15-23(25)29/h3-11,13-16H,12,30H2,1-2H3. The van der Waals surface area contributed by atoms with Crippen molar-refractivity contribution in [2.75, 3.05) is 5.73 Å². The summed E-state index contributed by atoms with van der Waals surface area (Å²) < 4.78 is 61.1. The van der Waals surface area contributed by atoms with Gasteiger partial charge in [0.2, 0.25) is 10.0 Å². The number of nitrogen functional groups attached to an aromatic ring is 1. The van der Waals surface area contributed by atoms with E-state index < -0.39 is 26.4 Å². The van der Waals surface area contributed by atoms with Gasteiger partial charge in [-0.05, 0) is 68.3 Å². The molecule has 0 fully saturated rings. The number of ether oxygens (including phenoxy) is 1. The molecule has 1 atom stereocenters. The van der Waals surface area contributed by atoms with Gasteiger partial charge in [0.05, 0.1) is 0 Å². The van der Waals surface area contributed by atoms with Crippen LogP contribution >= 0.6 is 0 Å². The number of aromatic nitrogens is 2. The highest BCUT2D eigenvalue weighted by Gasteiger charge is 2.42. The molecule has 0 saturated carbocycles. The van der Waals surface area contributed by atoms with Crippen LogP contribution in [0.25, 0.3) is 22.2 Å². The molecule has 1 aliphatic carbocycles. The highest BCUT2D eigenvalue weighted by molar-refractivity contribution is 7.91. The van der Waals surface area contributed by atoms with Crippen LogP contribution in [0.2, 0.25) is 0 Å². The summed E-state index contributed by atoms with van der Waals surface area (Å²) in [4.78, 5) is 4.38. The van der Waals surface area contributed by atoms with Gasteiger partial charge >= 0.3 is 0 Å². The normalized spacial score (nSPS) is 17.8. The zero-order valence-electron chi connectivity index (χ0n) is 19.6. The minimum Gasteiger partial charge on any atom is -0.454 e. The number of nitrogens with two attached hydrogens (primary N) is 1. The molecule has 184 valence electrons. The number of hydrogen-bond acceptors (Lipinski definition) is 5. The Kier molecular flexibility index (Phi) is 5.67. The van der Waals surface area contributed by atoms with E-state index in [2.05, 4.69) is 4.98 Å². The molecule has 2 aromatic carbocycles. The average Bonchev–Trinajstić information content (AvgIpc) is 3.29. The zero-order valence-corrected chi connectivity index (χ0v) is 20.4. The second-order valence-electron chi connectivity index (χ2n) is 8.86. The van der Waals surface area contributed by atoms with Gasteiger partial charge in [0, 0.05) is 35.1 Å². The Morgan fingerprint density at radius 3 is 2.58 bits per heavy atom. The van der Waals surface area contributed by atoms with E-state index in [1.807, 2.05) is 12.2 Å². The van der Waals surface area contributed by atoms with Crippen molar-refractivity contribution in [3.8, 4) is 22.6 Å². The lowest BCUT2D eigenvalue weighted by Gasteiger charge is -2.31. The summed E-state index contributed by atoms with van der Waals surface area (Å²) >= 11 is 0. The molecule has 0 bridgehead atoms. The largest absolute Gasteiger partial charge is 0.454 e. The van der Waals surface area contributed by atoms with Crippen molar-refractivity contribution < 1.29 is 21.9 Å². The fourth-order valence-electron chi connectivity index (χ4n) is 4.34. The summed E-state index contributed by atoms with van der Waals surface area (Å²) in [5.74, 6) is -1.47. The number of halogens is 2. The number of nitrogens with zero attached hydrogens (tertiary/aromatic N) is 2. The first-order chi connectivity index (χ1) is 17.1. The van der Waals surface area contributed by atoms with E-state index in [0.717, 1.165) is 17.7 Å². The van der Waals surface area contributed by atoms with Gasteiger partial charge in [-0.2, -0.15) is 0 Å². The first-order valence-electron chi connectivity index (χ1n) is 11.2. The summed E-state index contributed by atoms with van der Waals surface area (Å²) in [5, 5.41) is 0.549. The molecule has 36 heavy (non-hydrogen) atoms. The fraction of sp³-hybridized carbons (Fsp3) is 0.148. The summed E-state index contributed by atoms with van der Waals surface area (Å²) in [6.07, 6.45) is 8.81. The van der Waals surface area contributed by atoms with Gasteiger partial charge in [-0.25, -0.2) is 26.2 Å².